The maximum absolute atomic E-state index is 11.9. The number of phosphoric ester groups is 2. The Morgan fingerprint density at radius 2 is 1.96 bits per heavy atom. The van der Waals surface area contributed by atoms with Gasteiger partial charge in [0.15, 0.2) is 0 Å². The first-order chi connectivity index (χ1) is 11.9. The molecule has 2 heterocycles. The van der Waals surface area contributed by atoms with Gasteiger partial charge in [-0.25, -0.2) is 13.9 Å². The van der Waals surface area contributed by atoms with Gasteiger partial charge in [-0.2, -0.15) is 0 Å². The van der Waals surface area contributed by atoms with Crippen molar-refractivity contribution in [3.05, 3.63) is 33.1 Å². The van der Waals surface area contributed by atoms with Crippen LogP contribution < -0.4 is 11.2 Å². The lowest BCUT2D eigenvalue weighted by Crippen LogP contribution is -2.44. The topological polar surface area (TPSA) is 198 Å². The lowest BCUT2D eigenvalue weighted by atomic mass is 9.95. The minimum absolute atomic E-state index is 0.00767. The van der Waals surface area contributed by atoms with E-state index in [9.17, 15) is 18.7 Å². The summed E-state index contributed by atoms with van der Waals surface area (Å²) in [5, 5.41) is 0. The van der Waals surface area contributed by atoms with Gasteiger partial charge in [-0.15, -0.1) is 0 Å². The molecule has 0 aromatic carbocycles. The van der Waals surface area contributed by atoms with Gasteiger partial charge in [0.1, 0.15) is 17.9 Å². The van der Waals surface area contributed by atoms with Gasteiger partial charge < -0.3 is 24.3 Å². The molecular formula is C11H18N2O11P2. The summed E-state index contributed by atoms with van der Waals surface area (Å²) < 4.78 is 38.0. The standard InChI is InChI=1S/C11H18N2O11P2/c1-2-11(6-22-25(16,17)18)7(24-26(19,20)21)5-9(23-11)13-4-3-8(14)12-10(13)15/h3-4,7,9H,2,5-6H2,1H3,(H,12,14,15)(H2,16,17,18)(H2,19,20,21)/t7-,9+,11+/m0/s1. The molecule has 0 saturated carbocycles. The predicted molar refractivity (Wildman–Crippen MR) is 84.0 cm³/mol. The van der Waals surface area contributed by atoms with Gasteiger partial charge in [0, 0.05) is 18.7 Å². The Morgan fingerprint density at radius 3 is 2.46 bits per heavy atom. The summed E-state index contributed by atoms with van der Waals surface area (Å²) in [6.07, 6.45) is -1.59. The van der Waals surface area contributed by atoms with E-state index in [-0.39, 0.29) is 12.8 Å². The Hall–Kier alpha value is -1.14. The predicted octanol–water partition coefficient (Wildman–Crippen LogP) is -0.809. The number of ether oxygens (including phenoxy) is 1. The number of hydrogen-bond donors (Lipinski definition) is 5. The molecule has 1 aromatic heterocycles. The molecule has 1 aromatic rings. The second kappa shape index (κ2) is 7.47. The number of aromatic nitrogens is 2. The van der Waals surface area contributed by atoms with Gasteiger partial charge in [-0.3, -0.25) is 23.4 Å². The molecule has 148 valence electrons. The van der Waals surface area contributed by atoms with Crippen molar-refractivity contribution in [3.8, 4) is 0 Å². The van der Waals surface area contributed by atoms with Gasteiger partial charge >= 0.3 is 21.3 Å². The van der Waals surface area contributed by atoms with Crippen LogP contribution in [-0.4, -0.2) is 47.4 Å². The first-order valence-corrected chi connectivity index (χ1v) is 10.3. The molecule has 15 heteroatoms. The molecule has 0 spiro atoms. The maximum Gasteiger partial charge on any atom is 0.469 e. The SMILES string of the molecule is CC[C@]1(COP(=O)(O)O)O[C@@H](n2ccc(=O)[nH]c2=O)C[C@@H]1OP(=O)(O)O. The van der Waals surface area contributed by atoms with Gasteiger partial charge in [-0.1, -0.05) is 6.92 Å². The van der Waals surface area contributed by atoms with E-state index in [0.717, 1.165) is 16.8 Å². The highest BCUT2D eigenvalue weighted by Gasteiger charge is 2.52. The first-order valence-electron chi connectivity index (χ1n) is 7.28. The number of rotatable bonds is 7. The number of aromatic amines is 1. The summed E-state index contributed by atoms with van der Waals surface area (Å²) in [5.74, 6) is 0. The molecule has 1 aliphatic rings. The molecule has 1 saturated heterocycles. The van der Waals surface area contributed by atoms with Crippen LogP contribution in [0.15, 0.2) is 21.9 Å². The number of hydrogen-bond acceptors (Lipinski definition) is 7. The molecule has 1 aliphatic heterocycles. The second-order valence-corrected chi connectivity index (χ2v) is 8.02. The minimum atomic E-state index is -4.98. The molecule has 0 radical (unpaired) electrons. The number of phosphoric acid groups is 2. The molecule has 2 rings (SSSR count). The highest BCUT2D eigenvalue weighted by Crippen LogP contribution is 2.50. The summed E-state index contributed by atoms with van der Waals surface area (Å²) in [6, 6.07) is 1.04. The van der Waals surface area contributed by atoms with Crippen LogP contribution in [-0.2, 0) is 22.9 Å². The zero-order chi connectivity index (χ0) is 19.8. The Kier molecular flexibility index (Phi) is 6.08. The van der Waals surface area contributed by atoms with Crippen molar-refractivity contribution in [2.75, 3.05) is 6.61 Å². The van der Waals surface area contributed by atoms with E-state index in [1.165, 1.54) is 6.92 Å². The zero-order valence-corrected chi connectivity index (χ0v) is 15.2. The normalized spacial score (nSPS) is 27.0. The van der Waals surface area contributed by atoms with Crippen molar-refractivity contribution >= 4 is 15.6 Å². The fraction of sp³-hybridized carbons (Fsp3) is 0.636. The molecular weight excluding hydrogens is 398 g/mol. The van der Waals surface area contributed by atoms with Crippen molar-refractivity contribution in [1.82, 2.24) is 9.55 Å². The fourth-order valence-electron chi connectivity index (χ4n) is 2.66. The second-order valence-electron chi connectivity index (χ2n) is 5.59. The fourth-order valence-corrected chi connectivity index (χ4v) is 3.65. The third-order valence-corrected chi connectivity index (χ3v) is 4.87. The van der Waals surface area contributed by atoms with E-state index >= 15 is 0 Å². The molecule has 26 heavy (non-hydrogen) atoms. The van der Waals surface area contributed by atoms with Gasteiger partial charge in [0.05, 0.1) is 6.61 Å². The van der Waals surface area contributed by atoms with Crippen molar-refractivity contribution in [2.24, 2.45) is 0 Å². The Labute approximate surface area is 146 Å². The van der Waals surface area contributed by atoms with E-state index in [1.54, 1.807) is 0 Å². The molecule has 0 amide bonds. The van der Waals surface area contributed by atoms with E-state index in [0.29, 0.717) is 0 Å². The van der Waals surface area contributed by atoms with Gasteiger partial charge in [0.2, 0.25) is 0 Å². The first kappa shape index (κ1) is 21.2. The Morgan fingerprint density at radius 1 is 1.31 bits per heavy atom. The van der Waals surface area contributed by atoms with Crippen LogP contribution in [0.4, 0.5) is 0 Å². The smallest absolute Gasteiger partial charge is 0.346 e. The Balaban J connectivity index is 2.38. The minimum Gasteiger partial charge on any atom is -0.346 e. The zero-order valence-electron chi connectivity index (χ0n) is 13.4. The average Bonchev–Trinajstić information content (AvgIpc) is 2.81. The number of nitrogens with one attached hydrogen (secondary N) is 1. The van der Waals surface area contributed by atoms with Crippen molar-refractivity contribution in [3.63, 3.8) is 0 Å². The average molecular weight is 416 g/mol. The van der Waals surface area contributed by atoms with Crippen LogP contribution >= 0.6 is 15.6 Å². The lowest BCUT2D eigenvalue weighted by molar-refractivity contribution is -0.126. The van der Waals surface area contributed by atoms with Gasteiger partial charge in [0.25, 0.3) is 5.56 Å². The maximum atomic E-state index is 11.9. The third kappa shape index (κ3) is 5.19. The van der Waals surface area contributed by atoms with Crippen molar-refractivity contribution < 1.29 is 42.5 Å². The summed E-state index contributed by atoms with van der Waals surface area (Å²) in [7, 11) is -9.89. The summed E-state index contributed by atoms with van der Waals surface area (Å²) in [4.78, 5) is 61.1. The molecule has 0 bridgehead atoms. The van der Waals surface area contributed by atoms with Crippen LogP contribution in [0.25, 0.3) is 0 Å². The number of nitrogens with zero attached hydrogens (tertiary/aromatic N) is 1. The van der Waals surface area contributed by atoms with E-state index in [1.807, 2.05) is 4.98 Å². The van der Waals surface area contributed by atoms with Crippen LogP contribution in [0.5, 0.6) is 0 Å². The molecule has 13 nitrogen and oxygen atoms in total. The Bertz CT molecular complexity index is 854. The van der Waals surface area contributed by atoms with Crippen LogP contribution in [0.3, 0.4) is 0 Å². The van der Waals surface area contributed by atoms with Crippen LogP contribution in [0.2, 0.25) is 0 Å². The van der Waals surface area contributed by atoms with E-state index in [2.05, 4.69) is 4.52 Å². The summed E-state index contributed by atoms with van der Waals surface area (Å²) in [5.41, 5.74) is -3.14. The van der Waals surface area contributed by atoms with Gasteiger partial charge in [-0.05, 0) is 6.42 Å². The highest BCUT2D eigenvalue weighted by atomic mass is 31.2. The van der Waals surface area contributed by atoms with E-state index < -0.39 is 51.4 Å². The van der Waals surface area contributed by atoms with E-state index in [4.69, 9.17) is 28.8 Å². The quantitative estimate of drug-likeness (QED) is 0.348. The van der Waals surface area contributed by atoms with Crippen molar-refractivity contribution in [1.29, 1.82) is 0 Å². The molecule has 0 unspecified atom stereocenters. The van der Waals surface area contributed by atoms with Crippen molar-refractivity contribution in [2.45, 2.75) is 37.7 Å². The molecule has 0 aliphatic carbocycles. The third-order valence-electron chi connectivity index (χ3n) is 3.87. The monoisotopic (exact) mass is 416 g/mol. The molecule has 1 fully saturated rings. The molecule has 5 N–H and O–H groups in total. The molecule has 3 atom stereocenters. The lowest BCUT2D eigenvalue weighted by Gasteiger charge is -2.32. The largest absolute Gasteiger partial charge is 0.469 e. The van der Waals surface area contributed by atoms with Crippen LogP contribution in [0.1, 0.15) is 26.0 Å². The summed E-state index contributed by atoms with van der Waals surface area (Å²) in [6.45, 7) is 0.782. The summed E-state index contributed by atoms with van der Waals surface area (Å²) >= 11 is 0. The highest BCUT2D eigenvalue weighted by molar-refractivity contribution is 7.46. The number of H-pyrrole nitrogens is 1. The van der Waals surface area contributed by atoms with Crippen LogP contribution in [0, 0.1) is 0 Å².